The second-order valence-corrected chi connectivity index (χ2v) is 7.11. The molecule has 7 nitrogen and oxygen atoms in total. The van der Waals surface area contributed by atoms with Gasteiger partial charge >= 0.3 is 0 Å². The van der Waals surface area contributed by atoms with Gasteiger partial charge in [-0.25, -0.2) is 13.1 Å². The molecule has 0 radical (unpaired) electrons. The molecule has 1 aromatic carbocycles. The average Bonchev–Trinajstić information content (AvgIpc) is 3.06. The maximum Gasteiger partial charge on any atom is 0.247 e. The Balaban J connectivity index is 0.00000288. The Kier molecular flexibility index (Phi) is 8.08. The van der Waals surface area contributed by atoms with Crippen LogP contribution < -0.4 is 24.2 Å². The number of halogens is 1. The minimum Gasteiger partial charge on any atom is -0.496 e. The molecule has 1 aromatic rings. The lowest BCUT2D eigenvalue weighted by Crippen LogP contribution is -2.27. The third kappa shape index (κ3) is 4.89. The molecule has 0 aromatic heterocycles. The minimum atomic E-state index is -3.74. The Morgan fingerprint density at radius 2 is 1.79 bits per heavy atom. The molecule has 0 aliphatic carbocycles. The lowest BCUT2D eigenvalue weighted by Gasteiger charge is -2.16. The van der Waals surface area contributed by atoms with Gasteiger partial charge in [-0.05, 0) is 31.8 Å². The number of methoxy groups -OCH3 is 3. The van der Waals surface area contributed by atoms with Crippen LogP contribution in [0.3, 0.4) is 0 Å². The Bertz CT molecular complexity index is 608. The summed E-state index contributed by atoms with van der Waals surface area (Å²) in [6.45, 7) is 2.32. The van der Waals surface area contributed by atoms with Gasteiger partial charge < -0.3 is 19.5 Å². The summed E-state index contributed by atoms with van der Waals surface area (Å²) >= 11 is 0. The zero-order valence-electron chi connectivity index (χ0n) is 14.1. The molecule has 138 valence electrons. The van der Waals surface area contributed by atoms with Crippen LogP contribution in [0.15, 0.2) is 17.0 Å². The monoisotopic (exact) mass is 380 g/mol. The molecule has 1 heterocycles. The first kappa shape index (κ1) is 20.8. The molecular weight excluding hydrogens is 356 g/mol. The van der Waals surface area contributed by atoms with Crippen LogP contribution in [0.1, 0.15) is 12.8 Å². The van der Waals surface area contributed by atoms with E-state index < -0.39 is 10.0 Å². The molecule has 1 aliphatic heterocycles. The smallest absolute Gasteiger partial charge is 0.247 e. The first-order valence-electron chi connectivity index (χ1n) is 7.52. The van der Waals surface area contributed by atoms with E-state index in [9.17, 15) is 8.42 Å². The fourth-order valence-corrected chi connectivity index (χ4v) is 4.01. The van der Waals surface area contributed by atoms with Crippen molar-refractivity contribution in [3.8, 4) is 17.2 Å². The Hall–Kier alpha value is -1.22. The van der Waals surface area contributed by atoms with Gasteiger partial charge in [-0.1, -0.05) is 0 Å². The average molecular weight is 381 g/mol. The van der Waals surface area contributed by atoms with E-state index in [2.05, 4.69) is 10.0 Å². The number of benzene rings is 1. The van der Waals surface area contributed by atoms with E-state index in [0.29, 0.717) is 18.2 Å². The highest BCUT2D eigenvalue weighted by Gasteiger charge is 2.26. The molecule has 24 heavy (non-hydrogen) atoms. The lowest BCUT2D eigenvalue weighted by molar-refractivity contribution is 0.358. The van der Waals surface area contributed by atoms with Crippen molar-refractivity contribution in [3.63, 3.8) is 0 Å². The van der Waals surface area contributed by atoms with E-state index >= 15 is 0 Å². The van der Waals surface area contributed by atoms with Gasteiger partial charge in [0.25, 0.3) is 0 Å². The van der Waals surface area contributed by atoms with Crippen LogP contribution in [0.2, 0.25) is 0 Å². The van der Waals surface area contributed by atoms with Crippen LogP contribution >= 0.6 is 12.4 Å². The van der Waals surface area contributed by atoms with Crippen molar-refractivity contribution < 1.29 is 22.6 Å². The summed E-state index contributed by atoms with van der Waals surface area (Å²) in [5, 5.41) is 3.27. The molecule has 0 saturated carbocycles. The molecule has 2 N–H and O–H groups in total. The van der Waals surface area contributed by atoms with Gasteiger partial charge in [0.05, 0.1) is 21.3 Å². The summed E-state index contributed by atoms with van der Waals surface area (Å²) in [5.41, 5.74) is 0. The zero-order chi connectivity index (χ0) is 16.9. The molecule has 1 aliphatic rings. The summed E-state index contributed by atoms with van der Waals surface area (Å²) in [4.78, 5) is -0.00662. The van der Waals surface area contributed by atoms with Gasteiger partial charge in [-0.15, -0.1) is 12.4 Å². The van der Waals surface area contributed by atoms with Gasteiger partial charge in [-0.3, -0.25) is 0 Å². The Morgan fingerprint density at radius 3 is 2.25 bits per heavy atom. The number of hydrogen-bond acceptors (Lipinski definition) is 6. The third-order valence-corrected chi connectivity index (χ3v) is 5.47. The molecule has 9 heteroatoms. The summed E-state index contributed by atoms with van der Waals surface area (Å²) in [6.07, 6.45) is 1.88. The number of sulfonamides is 1. The Morgan fingerprint density at radius 1 is 1.17 bits per heavy atom. The highest BCUT2D eigenvalue weighted by Crippen LogP contribution is 2.37. The van der Waals surface area contributed by atoms with Crippen molar-refractivity contribution >= 4 is 22.4 Å². The first-order valence-corrected chi connectivity index (χ1v) is 9.00. The second kappa shape index (κ2) is 9.31. The molecule has 0 bridgehead atoms. The van der Waals surface area contributed by atoms with Crippen molar-refractivity contribution in [1.82, 2.24) is 10.0 Å². The minimum absolute atomic E-state index is 0. The largest absolute Gasteiger partial charge is 0.496 e. The second-order valence-electron chi connectivity index (χ2n) is 5.41. The van der Waals surface area contributed by atoms with Crippen molar-refractivity contribution in [2.75, 3.05) is 41.0 Å². The molecule has 1 unspecified atom stereocenters. The van der Waals surface area contributed by atoms with Crippen molar-refractivity contribution in [2.45, 2.75) is 17.7 Å². The van der Waals surface area contributed by atoms with Crippen LogP contribution in [0.5, 0.6) is 17.2 Å². The quantitative estimate of drug-likeness (QED) is 0.709. The summed E-state index contributed by atoms with van der Waals surface area (Å²) in [5.74, 6) is 1.36. The molecule has 1 fully saturated rings. The van der Waals surface area contributed by atoms with Crippen molar-refractivity contribution in [1.29, 1.82) is 0 Å². The molecule has 1 atom stereocenters. The van der Waals surface area contributed by atoms with Crippen LogP contribution in [0.4, 0.5) is 0 Å². The van der Waals surface area contributed by atoms with E-state index in [1.165, 1.54) is 33.5 Å². The number of hydrogen-bond donors (Lipinski definition) is 2. The topological polar surface area (TPSA) is 85.9 Å². The van der Waals surface area contributed by atoms with Crippen LogP contribution in [-0.4, -0.2) is 49.4 Å². The predicted octanol–water partition coefficient (Wildman–Crippen LogP) is 1.41. The molecule has 2 rings (SSSR count). The third-order valence-electron chi connectivity index (χ3n) is 3.95. The van der Waals surface area contributed by atoms with Gasteiger partial charge in [-0.2, -0.15) is 0 Å². The predicted molar refractivity (Wildman–Crippen MR) is 94.1 cm³/mol. The maximum atomic E-state index is 12.6. The highest BCUT2D eigenvalue weighted by atomic mass is 35.5. The van der Waals surface area contributed by atoms with E-state index in [-0.39, 0.29) is 28.8 Å². The fraction of sp³-hybridized carbons (Fsp3) is 0.600. The summed E-state index contributed by atoms with van der Waals surface area (Å²) in [6, 6.07) is 3.05. The summed E-state index contributed by atoms with van der Waals surface area (Å²) in [7, 11) is 0.586. The first-order chi connectivity index (χ1) is 11.0. The number of rotatable bonds is 8. The SMILES string of the molecule is COc1cc(OC)c(S(=O)(=O)NCCC2CCNC2)c(OC)c1.Cl. The number of ether oxygens (including phenoxy) is 3. The highest BCUT2D eigenvalue weighted by molar-refractivity contribution is 7.89. The van der Waals surface area contributed by atoms with Gasteiger partial charge in [0, 0.05) is 18.7 Å². The number of nitrogens with one attached hydrogen (secondary N) is 2. The van der Waals surface area contributed by atoms with E-state index in [4.69, 9.17) is 14.2 Å². The Labute approximate surface area is 149 Å². The fourth-order valence-electron chi connectivity index (χ4n) is 2.67. The lowest BCUT2D eigenvalue weighted by atomic mass is 10.1. The van der Waals surface area contributed by atoms with Crippen LogP contribution in [-0.2, 0) is 10.0 Å². The van der Waals surface area contributed by atoms with Gasteiger partial charge in [0.1, 0.15) is 17.2 Å². The molecular formula is C15H25ClN2O5S. The van der Waals surface area contributed by atoms with Crippen LogP contribution in [0.25, 0.3) is 0 Å². The van der Waals surface area contributed by atoms with E-state index in [1.54, 1.807) is 0 Å². The zero-order valence-corrected chi connectivity index (χ0v) is 15.8. The maximum absolute atomic E-state index is 12.6. The normalized spacial score (nSPS) is 17.2. The van der Waals surface area contributed by atoms with Crippen molar-refractivity contribution in [3.05, 3.63) is 12.1 Å². The van der Waals surface area contributed by atoms with Gasteiger partial charge in [0.2, 0.25) is 10.0 Å². The van der Waals surface area contributed by atoms with E-state index in [1.807, 2.05) is 0 Å². The molecule has 0 amide bonds. The summed E-state index contributed by atoms with van der Waals surface area (Å²) < 4.78 is 43.5. The molecule has 0 spiro atoms. The van der Waals surface area contributed by atoms with Crippen molar-refractivity contribution in [2.24, 2.45) is 5.92 Å². The molecule has 1 saturated heterocycles. The van der Waals surface area contributed by atoms with Crippen LogP contribution in [0, 0.1) is 5.92 Å². The van der Waals surface area contributed by atoms with Gasteiger partial charge in [0.15, 0.2) is 4.90 Å². The standard InChI is InChI=1S/C15H24N2O5S.ClH/c1-20-12-8-13(21-2)15(14(9-12)22-3)23(18,19)17-7-5-11-4-6-16-10-11;/h8-9,11,16-17H,4-7,10H2,1-3H3;1H. The van der Waals surface area contributed by atoms with E-state index in [0.717, 1.165) is 25.9 Å².